The molecule has 1 aliphatic rings. The minimum atomic E-state index is -0.181. The van der Waals surface area contributed by atoms with Gasteiger partial charge in [-0.25, -0.2) is 0 Å². The van der Waals surface area contributed by atoms with Crippen LogP contribution in [-0.2, 0) is 14.3 Å². The van der Waals surface area contributed by atoms with Crippen LogP contribution >= 0.6 is 0 Å². The Kier molecular flexibility index (Phi) is 6.42. The summed E-state index contributed by atoms with van der Waals surface area (Å²) in [5, 5.41) is 3.22. The van der Waals surface area contributed by atoms with Crippen molar-refractivity contribution in [1.82, 2.24) is 5.32 Å². The fourth-order valence-electron chi connectivity index (χ4n) is 1.85. The van der Waals surface area contributed by atoms with Crippen LogP contribution in [0, 0.1) is 0 Å². The Hall–Kier alpha value is -0.610. The van der Waals surface area contributed by atoms with E-state index in [2.05, 4.69) is 5.32 Å². The van der Waals surface area contributed by atoms with Crippen LogP contribution in [0.15, 0.2) is 0 Å². The number of carbonyl (C=O) groups is 1. The molecule has 4 heteroatoms. The van der Waals surface area contributed by atoms with Crippen molar-refractivity contribution in [3.63, 3.8) is 0 Å². The highest BCUT2D eigenvalue weighted by Gasteiger charge is 2.15. The Morgan fingerprint density at radius 2 is 2.00 bits per heavy atom. The molecule has 4 nitrogen and oxygen atoms in total. The lowest BCUT2D eigenvalue weighted by atomic mass is 10.2. The van der Waals surface area contributed by atoms with Crippen LogP contribution in [0.25, 0.3) is 0 Å². The van der Waals surface area contributed by atoms with E-state index in [1.807, 2.05) is 13.8 Å². The van der Waals surface area contributed by atoms with E-state index >= 15 is 0 Å². The molecule has 0 unspecified atom stereocenters. The fraction of sp³-hybridized carbons (Fsp3) is 0.917. The van der Waals surface area contributed by atoms with Gasteiger partial charge in [0.1, 0.15) is 6.61 Å². The SMILES string of the molecule is CC(C)OCCOC(=O)CNC1CCCC1. The summed E-state index contributed by atoms with van der Waals surface area (Å²) in [4.78, 5) is 11.3. The summed E-state index contributed by atoms with van der Waals surface area (Å²) in [7, 11) is 0. The Labute approximate surface area is 97.7 Å². The van der Waals surface area contributed by atoms with E-state index < -0.39 is 0 Å². The van der Waals surface area contributed by atoms with Crippen LogP contribution in [0.3, 0.4) is 0 Å². The molecule has 0 radical (unpaired) electrons. The molecule has 16 heavy (non-hydrogen) atoms. The highest BCUT2D eigenvalue weighted by atomic mass is 16.6. The summed E-state index contributed by atoms with van der Waals surface area (Å²) >= 11 is 0. The van der Waals surface area contributed by atoms with E-state index in [0.717, 1.165) is 0 Å². The minimum Gasteiger partial charge on any atom is -0.462 e. The number of ether oxygens (including phenoxy) is 2. The van der Waals surface area contributed by atoms with Gasteiger partial charge in [-0.15, -0.1) is 0 Å². The van der Waals surface area contributed by atoms with Crippen molar-refractivity contribution in [3.8, 4) is 0 Å². The third-order valence-corrected chi connectivity index (χ3v) is 2.69. The van der Waals surface area contributed by atoms with Crippen molar-refractivity contribution < 1.29 is 14.3 Å². The molecule has 0 heterocycles. The first kappa shape index (κ1) is 13.5. The van der Waals surface area contributed by atoms with Gasteiger partial charge in [0, 0.05) is 6.04 Å². The fourth-order valence-corrected chi connectivity index (χ4v) is 1.85. The molecule has 94 valence electrons. The molecule has 0 aromatic rings. The van der Waals surface area contributed by atoms with Gasteiger partial charge < -0.3 is 14.8 Å². The van der Waals surface area contributed by atoms with Crippen molar-refractivity contribution in [2.24, 2.45) is 0 Å². The largest absolute Gasteiger partial charge is 0.462 e. The molecule has 0 aromatic carbocycles. The standard InChI is InChI=1S/C12H23NO3/c1-10(2)15-7-8-16-12(14)9-13-11-5-3-4-6-11/h10-11,13H,3-9H2,1-2H3. The molecule has 1 rings (SSSR count). The third-order valence-electron chi connectivity index (χ3n) is 2.69. The van der Waals surface area contributed by atoms with Crippen LogP contribution in [0.5, 0.6) is 0 Å². The number of hydrogen-bond donors (Lipinski definition) is 1. The molecule has 0 bridgehead atoms. The summed E-state index contributed by atoms with van der Waals surface area (Å²) in [6.45, 7) is 5.08. The van der Waals surface area contributed by atoms with Gasteiger partial charge in [-0.3, -0.25) is 4.79 Å². The predicted molar refractivity (Wildman–Crippen MR) is 62.3 cm³/mol. The highest BCUT2D eigenvalue weighted by molar-refractivity contribution is 5.71. The first-order valence-electron chi connectivity index (χ1n) is 6.19. The van der Waals surface area contributed by atoms with Crippen molar-refractivity contribution in [2.45, 2.75) is 51.7 Å². The zero-order valence-corrected chi connectivity index (χ0v) is 10.3. The molecule has 1 saturated carbocycles. The average molecular weight is 229 g/mol. The Morgan fingerprint density at radius 1 is 1.31 bits per heavy atom. The van der Waals surface area contributed by atoms with E-state index in [9.17, 15) is 4.79 Å². The first-order valence-corrected chi connectivity index (χ1v) is 6.19. The van der Waals surface area contributed by atoms with Crippen LogP contribution in [0.1, 0.15) is 39.5 Å². The molecule has 1 N–H and O–H groups in total. The van der Waals surface area contributed by atoms with Gasteiger partial charge >= 0.3 is 5.97 Å². The number of hydrogen-bond acceptors (Lipinski definition) is 4. The zero-order chi connectivity index (χ0) is 11.8. The van der Waals surface area contributed by atoms with Gasteiger partial charge in [-0.2, -0.15) is 0 Å². The van der Waals surface area contributed by atoms with Gasteiger partial charge in [0.2, 0.25) is 0 Å². The van der Waals surface area contributed by atoms with Gasteiger partial charge in [-0.05, 0) is 26.7 Å². The smallest absolute Gasteiger partial charge is 0.320 e. The summed E-state index contributed by atoms with van der Waals surface area (Å²) in [5.74, 6) is -0.181. The number of rotatable bonds is 7. The van der Waals surface area contributed by atoms with E-state index in [1.54, 1.807) is 0 Å². The first-order chi connectivity index (χ1) is 7.68. The maximum atomic E-state index is 11.3. The van der Waals surface area contributed by atoms with E-state index in [0.29, 0.717) is 25.8 Å². The molecule has 0 aliphatic heterocycles. The lowest BCUT2D eigenvalue weighted by molar-refractivity contribution is -0.144. The molecule has 1 fully saturated rings. The lowest BCUT2D eigenvalue weighted by Crippen LogP contribution is -2.32. The molecule has 0 aromatic heterocycles. The van der Waals surface area contributed by atoms with E-state index in [-0.39, 0.29) is 12.1 Å². The topological polar surface area (TPSA) is 47.6 Å². The third kappa shape index (κ3) is 6.08. The number of nitrogens with one attached hydrogen (secondary N) is 1. The van der Waals surface area contributed by atoms with Crippen LogP contribution in [0.4, 0.5) is 0 Å². The maximum Gasteiger partial charge on any atom is 0.320 e. The van der Waals surface area contributed by atoms with E-state index in [1.165, 1.54) is 25.7 Å². The van der Waals surface area contributed by atoms with Crippen molar-refractivity contribution >= 4 is 5.97 Å². The molecule has 0 saturated heterocycles. The molecule has 0 amide bonds. The summed E-state index contributed by atoms with van der Waals surface area (Å²) in [6.07, 6.45) is 5.10. The molecule has 0 spiro atoms. The van der Waals surface area contributed by atoms with Gasteiger partial charge in [-0.1, -0.05) is 12.8 Å². The summed E-state index contributed by atoms with van der Waals surface area (Å²) < 4.78 is 10.3. The summed E-state index contributed by atoms with van der Waals surface area (Å²) in [6, 6.07) is 0.513. The molecule has 0 atom stereocenters. The van der Waals surface area contributed by atoms with E-state index in [4.69, 9.17) is 9.47 Å². The maximum absolute atomic E-state index is 11.3. The van der Waals surface area contributed by atoms with Gasteiger partial charge in [0.25, 0.3) is 0 Å². The van der Waals surface area contributed by atoms with Gasteiger partial charge in [0.05, 0.1) is 19.3 Å². The Bertz CT molecular complexity index is 200. The average Bonchev–Trinajstić information content (AvgIpc) is 2.74. The molecular weight excluding hydrogens is 206 g/mol. The second-order valence-electron chi connectivity index (χ2n) is 4.50. The predicted octanol–water partition coefficient (Wildman–Crippen LogP) is 1.49. The second-order valence-corrected chi connectivity index (χ2v) is 4.50. The van der Waals surface area contributed by atoms with Crippen LogP contribution in [0.2, 0.25) is 0 Å². The van der Waals surface area contributed by atoms with Gasteiger partial charge in [0.15, 0.2) is 0 Å². The minimum absolute atomic E-state index is 0.181. The summed E-state index contributed by atoms with van der Waals surface area (Å²) in [5.41, 5.74) is 0. The quantitative estimate of drug-likeness (QED) is 0.531. The van der Waals surface area contributed by atoms with Crippen molar-refractivity contribution in [2.75, 3.05) is 19.8 Å². The Morgan fingerprint density at radius 3 is 2.62 bits per heavy atom. The normalized spacial score (nSPS) is 16.9. The highest BCUT2D eigenvalue weighted by Crippen LogP contribution is 2.17. The van der Waals surface area contributed by atoms with Crippen molar-refractivity contribution in [3.05, 3.63) is 0 Å². The molecular formula is C12H23NO3. The number of carbonyl (C=O) groups excluding carboxylic acids is 1. The van der Waals surface area contributed by atoms with Crippen LogP contribution in [-0.4, -0.2) is 37.9 Å². The molecule has 1 aliphatic carbocycles. The van der Waals surface area contributed by atoms with Crippen LogP contribution < -0.4 is 5.32 Å². The monoisotopic (exact) mass is 229 g/mol. The Balaban J connectivity index is 1.94. The van der Waals surface area contributed by atoms with Crippen molar-refractivity contribution in [1.29, 1.82) is 0 Å². The second kappa shape index (κ2) is 7.63. The zero-order valence-electron chi connectivity index (χ0n) is 10.3. The lowest BCUT2D eigenvalue weighted by Gasteiger charge is -2.11. The number of esters is 1.